The van der Waals surface area contributed by atoms with Crippen LogP contribution in [0.2, 0.25) is 0 Å². The van der Waals surface area contributed by atoms with Crippen LogP contribution >= 0.6 is 0 Å². The second-order valence-corrected chi connectivity index (χ2v) is 6.97. The number of fused-ring (bicyclic) bond motifs is 1. The van der Waals surface area contributed by atoms with Crippen LogP contribution in [0, 0.1) is 5.92 Å². The van der Waals surface area contributed by atoms with Gasteiger partial charge in [0.05, 0.1) is 12.5 Å². The summed E-state index contributed by atoms with van der Waals surface area (Å²) in [6.45, 7) is 4.18. The number of hydrogen-bond donors (Lipinski definition) is 0. The molecule has 0 aliphatic carbocycles. The molecule has 1 aromatic heterocycles. The van der Waals surface area contributed by atoms with Gasteiger partial charge in [-0.2, -0.15) is 4.98 Å². The van der Waals surface area contributed by atoms with Gasteiger partial charge in [0.15, 0.2) is 5.58 Å². The first-order chi connectivity index (χ1) is 13.7. The molecule has 1 aliphatic heterocycles. The highest BCUT2D eigenvalue weighted by Crippen LogP contribution is 2.27. The van der Waals surface area contributed by atoms with Crippen molar-refractivity contribution in [3.05, 3.63) is 48.5 Å². The highest BCUT2D eigenvalue weighted by atomic mass is 16.5. The molecule has 6 nitrogen and oxygen atoms in total. The van der Waals surface area contributed by atoms with Crippen LogP contribution in [0.15, 0.2) is 52.9 Å². The van der Waals surface area contributed by atoms with Gasteiger partial charge in [0.25, 0.3) is 6.01 Å². The lowest BCUT2D eigenvalue weighted by molar-refractivity contribution is -0.139. The first kappa shape index (κ1) is 18.3. The molecule has 2 heterocycles. The van der Waals surface area contributed by atoms with E-state index >= 15 is 0 Å². The van der Waals surface area contributed by atoms with Crippen LogP contribution in [-0.2, 0) is 4.79 Å². The van der Waals surface area contributed by atoms with Gasteiger partial charge in [0.1, 0.15) is 17.0 Å². The molecule has 146 valence electrons. The Morgan fingerprint density at radius 2 is 1.82 bits per heavy atom. The largest absolute Gasteiger partial charge is 0.494 e. The van der Waals surface area contributed by atoms with Gasteiger partial charge in [0.2, 0.25) is 0 Å². The number of anilines is 1. The summed E-state index contributed by atoms with van der Waals surface area (Å²) < 4.78 is 16.9. The fourth-order valence-corrected chi connectivity index (χ4v) is 3.33. The van der Waals surface area contributed by atoms with Crippen LogP contribution in [-0.4, -0.2) is 30.6 Å². The molecule has 0 N–H and O–H groups in total. The van der Waals surface area contributed by atoms with Gasteiger partial charge in [-0.05, 0) is 55.7 Å². The Labute approximate surface area is 164 Å². The van der Waals surface area contributed by atoms with E-state index in [1.165, 1.54) is 0 Å². The van der Waals surface area contributed by atoms with Crippen LogP contribution in [0.5, 0.6) is 11.5 Å². The summed E-state index contributed by atoms with van der Waals surface area (Å²) in [6.07, 6.45) is 2.39. The van der Waals surface area contributed by atoms with E-state index in [0.29, 0.717) is 18.4 Å². The summed E-state index contributed by atoms with van der Waals surface area (Å²) in [5, 5.41) is 0. The second kappa shape index (κ2) is 8.33. The lowest BCUT2D eigenvalue weighted by Crippen LogP contribution is -2.37. The number of piperidine rings is 1. The van der Waals surface area contributed by atoms with E-state index < -0.39 is 0 Å². The molecule has 3 aromatic rings. The maximum atomic E-state index is 12.5. The van der Waals surface area contributed by atoms with E-state index in [0.717, 1.165) is 49.2 Å². The number of carbonyl (C=O) groups is 1. The van der Waals surface area contributed by atoms with Crippen molar-refractivity contribution >= 4 is 23.1 Å². The summed E-state index contributed by atoms with van der Waals surface area (Å²) in [4.78, 5) is 19.1. The number of rotatable bonds is 6. The Balaban J connectivity index is 1.31. The van der Waals surface area contributed by atoms with Gasteiger partial charge in [-0.3, -0.25) is 4.79 Å². The van der Waals surface area contributed by atoms with Crippen molar-refractivity contribution in [3.63, 3.8) is 0 Å². The first-order valence-electron chi connectivity index (χ1n) is 9.78. The van der Waals surface area contributed by atoms with Crippen molar-refractivity contribution in [1.82, 2.24) is 4.98 Å². The van der Waals surface area contributed by atoms with E-state index in [1.807, 2.05) is 36.4 Å². The van der Waals surface area contributed by atoms with E-state index in [1.54, 1.807) is 12.1 Å². The zero-order valence-electron chi connectivity index (χ0n) is 16.0. The molecule has 0 radical (unpaired) electrons. The minimum Gasteiger partial charge on any atom is -0.494 e. The van der Waals surface area contributed by atoms with Crippen molar-refractivity contribution in [2.75, 3.05) is 24.6 Å². The molecule has 1 saturated heterocycles. The predicted octanol–water partition coefficient (Wildman–Crippen LogP) is 4.44. The van der Waals surface area contributed by atoms with Crippen molar-refractivity contribution in [3.8, 4) is 11.5 Å². The van der Waals surface area contributed by atoms with Gasteiger partial charge in [0, 0.05) is 13.1 Å². The predicted molar refractivity (Wildman–Crippen MR) is 107 cm³/mol. The van der Waals surface area contributed by atoms with Crippen LogP contribution in [0.3, 0.4) is 0 Å². The molecule has 0 saturated carbocycles. The molecular formula is C22H24N2O4. The molecule has 1 aliphatic rings. The Bertz CT molecular complexity index is 894. The van der Waals surface area contributed by atoms with E-state index in [2.05, 4.69) is 16.8 Å². The molecule has 0 unspecified atom stereocenters. The molecule has 6 heteroatoms. The Hall–Kier alpha value is -3.02. The van der Waals surface area contributed by atoms with Crippen LogP contribution < -0.4 is 14.4 Å². The minimum atomic E-state index is -0.181. The third-order valence-corrected chi connectivity index (χ3v) is 4.90. The number of esters is 1. The molecule has 0 bridgehead atoms. The average molecular weight is 380 g/mol. The maximum absolute atomic E-state index is 12.5. The van der Waals surface area contributed by atoms with Crippen molar-refractivity contribution < 1.29 is 18.7 Å². The quantitative estimate of drug-likeness (QED) is 0.465. The lowest BCUT2D eigenvalue weighted by Gasteiger charge is -2.29. The minimum absolute atomic E-state index is 0.114. The number of benzene rings is 2. The van der Waals surface area contributed by atoms with E-state index in [4.69, 9.17) is 13.9 Å². The molecule has 1 fully saturated rings. The first-order valence-corrected chi connectivity index (χ1v) is 9.78. The van der Waals surface area contributed by atoms with Crippen molar-refractivity contribution in [1.29, 1.82) is 0 Å². The Morgan fingerprint density at radius 1 is 1.11 bits per heavy atom. The van der Waals surface area contributed by atoms with Gasteiger partial charge < -0.3 is 18.8 Å². The Morgan fingerprint density at radius 3 is 2.54 bits per heavy atom. The molecule has 0 amide bonds. The topological polar surface area (TPSA) is 64.8 Å². The number of aromatic nitrogens is 1. The summed E-state index contributed by atoms with van der Waals surface area (Å²) >= 11 is 0. The fraction of sp³-hybridized carbons (Fsp3) is 0.364. The Kier molecular flexibility index (Phi) is 5.46. The SMILES string of the molecule is CCCOc1ccc(OC(=O)C2CCN(c3nc4ccccc4o3)CC2)cc1. The normalized spacial score (nSPS) is 15.0. The standard InChI is InChI=1S/C22H24N2O4/c1-2-15-26-17-7-9-18(10-8-17)27-21(25)16-11-13-24(14-12-16)22-23-19-5-3-4-6-20(19)28-22/h3-10,16H,2,11-15H2,1H3. The van der Waals surface area contributed by atoms with E-state index in [9.17, 15) is 4.79 Å². The third kappa shape index (κ3) is 4.11. The molecular weight excluding hydrogens is 356 g/mol. The number of ether oxygens (including phenoxy) is 2. The van der Waals surface area contributed by atoms with Crippen molar-refractivity contribution in [2.45, 2.75) is 26.2 Å². The molecule has 4 rings (SSSR count). The molecule has 28 heavy (non-hydrogen) atoms. The number of nitrogens with zero attached hydrogens (tertiary/aromatic N) is 2. The summed E-state index contributed by atoms with van der Waals surface area (Å²) in [7, 11) is 0. The number of para-hydroxylation sites is 2. The third-order valence-electron chi connectivity index (χ3n) is 4.90. The van der Waals surface area contributed by atoms with Crippen LogP contribution in [0.1, 0.15) is 26.2 Å². The highest BCUT2D eigenvalue weighted by Gasteiger charge is 2.28. The maximum Gasteiger partial charge on any atom is 0.314 e. The van der Waals surface area contributed by atoms with Crippen LogP contribution in [0.4, 0.5) is 6.01 Å². The number of hydrogen-bond acceptors (Lipinski definition) is 6. The fourth-order valence-electron chi connectivity index (χ4n) is 3.33. The summed E-state index contributed by atoms with van der Waals surface area (Å²) in [6, 6.07) is 15.5. The van der Waals surface area contributed by atoms with Gasteiger partial charge in [-0.25, -0.2) is 0 Å². The monoisotopic (exact) mass is 380 g/mol. The van der Waals surface area contributed by atoms with E-state index in [-0.39, 0.29) is 11.9 Å². The second-order valence-electron chi connectivity index (χ2n) is 6.97. The van der Waals surface area contributed by atoms with Crippen LogP contribution in [0.25, 0.3) is 11.1 Å². The van der Waals surface area contributed by atoms with Gasteiger partial charge in [-0.15, -0.1) is 0 Å². The summed E-state index contributed by atoms with van der Waals surface area (Å²) in [5.74, 6) is 1.04. The van der Waals surface area contributed by atoms with Gasteiger partial charge >= 0.3 is 5.97 Å². The number of carbonyl (C=O) groups excluding carboxylic acids is 1. The van der Waals surface area contributed by atoms with Gasteiger partial charge in [-0.1, -0.05) is 19.1 Å². The smallest absolute Gasteiger partial charge is 0.314 e. The highest BCUT2D eigenvalue weighted by molar-refractivity contribution is 5.76. The lowest BCUT2D eigenvalue weighted by atomic mass is 9.97. The molecule has 0 spiro atoms. The molecule has 0 atom stereocenters. The molecule has 2 aromatic carbocycles. The summed E-state index contributed by atoms with van der Waals surface area (Å²) in [5.41, 5.74) is 1.63. The van der Waals surface area contributed by atoms with Crippen molar-refractivity contribution in [2.24, 2.45) is 5.92 Å². The zero-order valence-corrected chi connectivity index (χ0v) is 16.0. The average Bonchev–Trinajstić information content (AvgIpc) is 3.18. The number of oxazole rings is 1. The zero-order chi connectivity index (χ0) is 19.3.